The smallest absolute Gasteiger partial charge is 0.123 e. The molecule has 86 valence electrons. The molecular formula is C12H21NO2. The van der Waals surface area contributed by atoms with E-state index < -0.39 is 0 Å². The van der Waals surface area contributed by atoms with Gasteiger partial charge in [-0.15, -0.1) is 0 Å². The first-order chi connectivity index (χ1) is 7.33. The number of hydrogen-bond donors (Lipinski definition) is 1. The highest BCUT2D eigenvalue weighted by molar-refractivity contribution is 4.95. The number of ether oxygens (including phenoxy) is 2. The predicted octanol–water partition coefficient (Wildman–Crippen LogP) is 1.67. The number of hydrogen-bond acceptors (Lipinski definition) is 3. The summed E-state index contributed by atoms with van der Waals surface area (Å²) >= 11 is 0. The minimum absolute atomic E-state index is 0.0356. The van der Waals surface area contributed by atoms with Crippen LogP contribution in [0.4, 0.5) is 0 Å². The molecule has 0 aromatic rings. The minimum Gasteiger partial charge on any atom is -0.381 e. The van der Waals surface area contributed by atoms with Gasteiger partial charge in [0.25, 0.3) is 0 Å². The van der Waals surface area contributed by atoms with E-state index in [0.717, 1.165) is 39.2 Å². The van der Waals surface area contributed by atoms with Crippen molar-refractivity contribution in [2.24, 2.45) is 5.41 Å². The first-order valence-electron chi connectivity index (χ1n) is 6.30. The standard InChI is InChI=1S/C12H21NO2/c1-2-4-11(3-1)9-13-12(15-10-11)5-7-14-8-6-12/h13H,1-10H2. The van der Waals surface area contributed by atoms with Crippen LogP contribution in [0.5, 0.6) is 0 Å². The van der Waals surface area contributed by atoms with E-state index in [9.17, 15) is 0 Å². The third-order valence-electron chi connectivity index (χ3n) is 4.40. The van der Waals surface area contributed by atoms with Crippen molar-refractivity contribution in [1.82, 2.24) is 5.32 Å². The fourth-order valence-electron chi connectivity index (χ4n) is 3.21. The van der Waals surface area contributed by atoms with E-state index >= 15 is 0 Å². The summed E-state index contributed by atoms with van der Waals surface area (Å²) in [6.07, 6.45) is 7.52. The average molecular weight is 211 g/mol. The van der Waals surface area contributed by atoms with Crippen LogP contribution < -0.4 is 5.32 Å². The van der Waals surface area contributed by atoms with Gasteiger partial charge in [-0.25, -0.2) is 0 Å². The quantitative estimate of drug-likeness (QED) is 0.661. The molecule has 0 aromatic heterocycles. The van der Waals surface area contributed by atoms with Crippen LogP contribution in [0, 0.1) is 5.41 Å². The zero-order chi connectivity index (χ0) is 10.2. The summed E-state index contributed by atoms with van der Waals surface area (Å²) in [5.41, 5.74) is 0.440. The van der Waals surface area contributed by atoms with Crippen molar-refractivity contribution >= 4 is 0 Å². The largest absolute Gasteiger partial charge is 0.381 e. The molecule has 0 unspecified atom stereocenters. The van der Waals surface area contributed by atoms with Gasteiger partial charge in [0.05, 0.1) is 19.8 Å². The molecular weight excluding hydrogens is 190 g/mol. The van der Waals surface area contributed by atoms with Crippen molar-refractivity contribution in [1.29, 1.82) is 0 Å². The van der Waals surface area contributed by atoms with E-state index in [1.54, 1.807) is 0 Å². The third-order valence-corrected chi connectivity index (χ3v) is 4.40. The molecule has 2 aliphatic heterocycles. The van der Waals surface area contributed by atoms with Gasteiger partial charge >= 0.3 is 0 Å². The van der Waals surface area contributed by atoms with Crippen LogP contribution in [-0.2, 0) is 9.47 Å². The minimum atomic E-state index is -0.0356. The van der Waals surface area contributed by atoms with Gasteiger partial charge in [0.15, 0.2) is 0 Å². The average Bonchev–Trinajstić information content (AvgIpc) is 2.74. The van der Waals surface area contributed by atoms with Gasteiger partial charge in [-0.2, -0.15) is 0 Å². The predicted molar refractivity (Wildman–Crippen MR) is 57.6 cm³/mol. The van der Waals surface area contributed by atoms with Crippen LogP contribution in [0.1, 0.15) is 38.5 Å². The zero-order valence-corrected chi connectivity index (χ0v) is 9.39. The molecule has 3 fully saturated rings. The van der Waals surface area contributed by atoms with Crippen LogP contribution >= 0.6 is 0 Å². The maximum Gasteiger partial charge on any atom is 0.123 e. The summed E-state index contributed by atoms with van der Waals surface area (Å²) in [4.78, 5) is 0. The summed E-state index contributed by atoms with van der Waals surface area (Å²) < 4.78 is 11.5. The Morgan fingerprint density at radius 2 is 1.67 bits per heavy atom. The molecule has 2 spiro atoms. The molecule has 0 bridgehead atoms. The molecule has 3 rings (SSSR count). The highest BCUT2D eigenvalue weighted by Crippen LogP contribution is 2.42. The van der Waals surface area contributed by atoms with Crippen molar-refractivity contribution in [2.45, 2.75) is 44.2 Å². The Morgan fingerprint density at radius 1 is 0.933 bits per heavy atom. The van der Waals surface area contributed by atoms with Crippen molar-refractivity contribution in [3.63, 3.8) is 0 Å². The maximum absolute atomic E-state index is 6.15. The molecule has 0 amide bonds. The zero-order valence-electron chi connectivity index (χ0n) is 9.39. The Hall–Kier alpha value is -0.120. The van der Waals surface area contributed by atoms with E-state index in [1.165, 1.54) is 25.7 Å². The first-order valence-corrected chi connectivity index (χ1v) is 6.30. The van der Waals surface area contributed by atoms with Crippen LogP contribution in [0.2, 0.25) is 0 Å². The SMILES string of the molecule is C1CCC2(C1)CNC1(CCOCC1)OC2. The highest BCUT2D eigenvalue weighted by Gasteiger charge is 2.45. The second-order valence-electron chi connectivity index (χ2n) is 5.46. The fraction of sp³-hybridized carbons (Fsp3) is 1.00. The lowest BCUT2D eigenvalue weighted by Gasteiger charge is -2.47. The summed E-state index contributed by atoms with van der Waals surface area (Å²) in [5.74, 6) is 0. The van der Waals surface area contributed by atoms with E-state index in [-0.39, 0.29) is 5.72 Å². The summed E-state index contributed by atoms with van der Waals surface area (Å²) in [7, 11) is 0. The van der Waals surface area contributed by atoms with Gasteiger partial charge in [0, 0.05) is 24.8 Å². The molecule has 3 nitrogen and oxygen atoms in total. The summed E-state index contributed by atoms with van der Waals surface area (Å²) in [6.45, 7) is 3.83. The van der Waals surface area contributed by atoms with E-state index in [2.05, 4.69) is 5.32 Å². The van der Waals surface area contributed by atoms with E-state index in [0.29, 0.717) is 5.41 Å². The van der Waals surface area contributed by atoms with Gasteiger partial charge in [-0.05, 0) is 12.8 Å². The van der Waals surface area contributed by atoms with Gasteiger partial charge in [0.1, 0.15) is 5.72 Å². The Balaban J connectivity index is 1.63. The Labute approximate surface area is 91.5 Å². The van der Waals surface area contributed by atoms with Crippen molar-refractivity contribution in [3.8, 4) is 0 Å². The Bertz CT molecular complexity index is 218. The second-order valence-corrected chi connectivity index (χ2v) is 5.46. The number of nitrogens with one attached hydrogen (secondary N) is 1. The molecule has 2 heterocycles. The first kappa shape index (κ1) is 10.1. The van der Waals surface area contributed by atoms with Crippen LogP contribution in [0.3, 0.4) is 0 Å². The van der Waals surface area contributed by atoms with E-state index in [1.807, 2.05) is 0 Å². The second kappa shape index (κ2) is 3.72. The monoisotopic (exact) mass is 211 g/mol. The van der Waals surface area contributed by atoms with Gasteiger partial charge in [0.2, 0.25) is 0 Å². The molecule has 0 aromatic carbocycles. The van der Waals surface area contributed by atoms with Gasteiger partial charge < -0.3 is 9.47 Å². The van der Waals surface area contributed by atoms with Gasteiger partial charge in [-0.3, -0.25) is 5.32 Å². The maximum atomic E-state index is 6.15. The van der Waals surface area contributed by atoms with Crippen molar-refractivity contribution < 1.29 is 9.47 Å². The Morgan fingerprint density at radius 3 is 2.27 bits per heavy atom. The normalized spacial score (nSPS) is 33.6. The Kier molecular flexibility index (Phi) is 2.49. The van der Waals surface area contributed by atoms with Gasteiger partial charge in [-0.1, -0.05) is 12.8 Å². The third kappa shape index (κ3) is 1.81. The van der Waals surface area contributed by atoms with E-state index in [4.69, 9.17) is 9.47 Å². The van der Waals surface area contributed by atoms with Crippen LogP contribution in [0.15, 0.2) is 0 Å². The van der Waals surface area contributed by atoms with Crippen molar-refractivity contribution in [3.05, 3.63) is 0 Å². The molecule has 1 aliphatic carbocycles. The molecule has 3 heteroatoms. The molecule has 3 aliphatic rings. The lowest BCUT2D eigenvalue weighted by molar-refractivity contribution is -0.181. The lowest BCUT2D eigenvalue weighted by atomic mass is 9.84. The molecule has 0 atom stereocenters. The lowest BCUT2D eigenvalue weighted by Crippen LogP contribution is -2.60. The molecule has 15 heavy (non-hydrogen) atoms. The number of rotatable bonds is 0. The van der Waals surface area contributed by atoms with Crippen LogP contribution in [0.25, 0.3) is 0 Å². The summed E-state index contributed by atoms with van der Waals surface area (Å²) in [5, 5.41) is 3.66. The topological polar surface area (TPSA) is 30.5 Å². The molecule has 2 saturated heterocycles. The molecule has 0 radical (unpaired) electrons. The van der Waals surface area contributed by atoms with Crippen LogP contribution in [-0.4, -0.2) is 32.1 Å². The van der Waals surface area contributed by atoms with Crippen molar-refractivity contribution in [2.75, 3.05) is 26.4 Å². The molecule has 1 N–H and O–H groups in total. The summed E-state index contributed by atoms with van der Waals surface area (Å²) in [6, 6.07) is 0. The molecule has 1 saturated carbocycles. The highest BCUT2D eigenvalue weighted by atomic mass is 16.5. The fourth-order valence-corrected chi connectivity index (χ4v) is 3.21.